The summed E-state index contributed by atoms with van der Waals surface area (Å²) in [7, 11) is 0. The summed E-state index contributed by atoms with van der Waals surface area (Å²) in [5, 5.41) is 9.42. The lowest BCUT2D eigenvalue weighted by atomic mass is 10.1. The van der Waals surface area contributed by atoms with Gasteiger partial charge in [-0.15, -0.1) is 24.0 Å². The van der Waals surface area contributed by atoms with Gasteiger partial charge in [-0.3, -0.25) is 9.79 Å². The third-order valence-electron chi connectivity index (χ3n) is 4.43. The Morgan fingerprint density at radius 3 is 2.47 bits per heavy atom. The second kappa shape index (κ2) is 12.3. The van der Waals surface area contributed by atoms with Crippen molar-refractivity contribution in [3.63, 3.8) is 0 Å². The van der Waals surface area contributed by atoms with Gasteiger partial charge in [0, 0.05) is 32.2 Å². The van der Waals surface area contributed by atoms with Crippen molar-refractivity contribution in [3.05, 3.63) is 53.6 Å². The zero-order chi connectivity index (χ0) is 20.5. The number of hydrogen-bond acceptors (Lipinski definition) is 4. The van der Waals surface area contributed by atoms with Crippen LogP contribution in [0.15, 0.2) is 47.5 Å². The van der Waals surface area contributed by atoms with E-state index >= 15 is 0 Å². The van der Waals surface area contributed by atoms with Crippen LogP contribution in [0.25, 0.3) is 0 Å². The number of halogens is 1. The molecule has 162 valence electrons. The number of amides is 1. The molecule has 2 aromatic rings. The number of carbonyl (C=O) groups excluding carboxylic acids is 1. The van der Waals surface area contributed by atoms with Gasteiger partial charge >= 0.3 is 0 Å². The molecule has 3 N–H and O–H groups in total. The molecule has 0 fully saturated rings. The molecule has 1 heterocycles. The normalized spacial score (nSPS) is 12.1. The van der Waals surface area contributed by atoms with Crippen LogP contribution in [0.3, 0.4) is 0 Å². The number of fused-ring (bicyclic) bond motifs is 1. The Hall–Kier alpha value is -2.49. The Kier molecular flexibility index (Phi) is 9.72. The molecule has 0 saturated carbocycles. The maximum atomic E-state index is 11.1. The summed E-state index contributed by atoms with van der Waals surface area (Å²) < 4.78 is 10.8. The number of aliphatic imine (C=N–C) groups is 1. The molecule has 1 amide bonds. The largest absolute Gasteiger partial charge is 0.454 e. The molecule has 0 spiro atoms. The van der Waals surface area contributed by atoms with E-state index in [0.29, 0.717) is 13.3 Å². The Labute approximate surface area is 194 Å². The lowest BCUT2D eigenvalue weighted by Gasteiger charge is -2.11. The van der Waals surface area contributed by atoms with Crippen LogP contribution in [0.5, 0.6) is 11.5 Å². The zero-order valence-electron chi connectivity index (χ0n) is 17.4. The minimum absolute atomic E-state index is 0. The van der Waals surface area contributed by atoms with Crippen LogP contribution in [-0.2, 0) is 17.6 Å². The lowest BCUT2D eigenvalue weighted by Crippen LogP contribution is -2.38. The van der Waals surface area contributed by atoms with Gasteiger partial charge in [0.2, 0.25) is 12.7 Å². The monoisotopic (exact) mass is 524 g/mol. The van der Waals surface area contributed by atoms with Gasteiger partial charge in [-0.2, -0.15) is 0 Å². The summed E-state index contributed by atoms with van der Waals surface area (Å²) in [5.74, 6) is 2.36. The minimum atomic E-state index is -0.0653. The number of benzene rings is 2. The SMILES string of the molecule is CCNC(=NCCc1ccc(NC(C)=O)cc1)NCCc1ccc2c(c1)OCO2.I. The average molecular weight is 524 g/mol. The van der Waals surface area contributed by atoms with Crippen LogP contribution in [-0.4, -0.2) is 38.3 Å². The first-order chi connectivity index (χ1) is 14.1. The van der Waals surface area contributed by atoms with Crippen molar-refractivity contribution < 1.29 is 14.3 Å². The van der Waals surface area contributed by atoms with Crippen LogP contribution >= 0.6 is 24.0 Å². The fourth-order valence-electron chi connectivity index (χ4n) is 3.02. The first-order valence-electron chi connectivity index (χ1n) is 9.91. The Morgan fingerprint density at radius 2 is 1.73 bits per heavy atom. The highest BCUT2D eigenvalue weighted by molar-refractivity contribution is 14.0. The van der Waals surface area contributed by atoms with Gasteiger partial charge in [0.1, 0.15) is 0 Å². The van der Waals surface area contributed by atoms with Gasteiger partial charge < -0.3 is 25.4 Å². The summed E-state index contributed by atoms with van der Waals surface area (Å²) in [6, 6.07) is 13.9. The molecule has 0 atom stereocenters. The maximum absolute atomic E-state index is 11.1. The summed E-state index contributed by atoms with van der Waals surface area (Å²) in [6.45, 7) is 6.11. The van der Waals surface area contributed by atoms with Crippen molar-refractivity contribution in [1.82, 2.24) is 10.6 Å². The van der Waals surface area contributed by atoms with Gasteiger partial charge in [0.25, 0.3) is 0 Å². The third-order valence-corrected chi connectivity index (χ3v) is 4.43. The molecule has 7 nitrogen and oxygen atoms in total. The molecule has 0 bridgehead atoms. The molecule has 0 saturated heterocycles. The second-order valence-corrected chi connectivity index (χ2v) is 6.75. The third kappa shape index (κ3) is 7.40. The van der Waals surface area contributed by atoms with Gasteiger partial charge in [0.15, 0.2) is 17.5 Å². The van der Waals surface area contributed by atoms with E-state index in [4.69, 9.17) is 9.47 Å². The molecule has 0 aromatic heterocycles. The van der Waals surface area contributed by atoms with E-state index in [0.717, 1.165) is 49.1 Å². The molecule has 0 aliphatic carbocycles. The summed E-state index contributed by atoms with van der Waals surface area (Å²) in [6.07, 6.45) is 1.70. The molecule has 2 aromatic carbocycles. The number of ether oxygens (including phenoxy) is 2. The summed E-state index contributed by atoms with van der Waals surface area (Å²) >= 11 is 0. The van der Waals surface area contributed by atoms with Gasteiger partial charge in [-0.05, 0) is 55.2 Å². The quantitative estimate of drug-likeness (QED) is 0.281. The molecule has 1 aliphatic heterocycles. The van der Waals surface area contributed by atoms with Crippen LogP contribution in [0, 0.1) is 0 Å². The molecule has 0 radical (unpaired) electrons. The smallest absolute Gasteiger partial charge is 0.231 e. The molecule has 3 rings (SSSR count). The van der Waals surface area contributed by atoms with E-state index in [-0.39, 0.29) is 29.9 Å². The number of anilines is 1. The van der Waals surface area contributed by atoms with Crippen molar-refractivity contribution in [1.29, 1.82) is 0 Å². The van der Waals surface area contributed by atoms with Crippen molar-refractivity contribution >= 4 is 41.5 Å². The van der Waals surface area contributed by atoms with E-state index in [9.17, 15) is 4.79 Å². The van der Waals surface area contributed by atoms with Gasteiger partial charge in [-0.25, -0.2) is 0 Å². The van der Waals surface area contributed by atoms with Crippen LogP contribution in [0.1, 0.15) is 25.0 Å². The Balaban J connectivity index is 0.00000320. The van der Waals surface area contributed by atoms with Gasteiger partial charge in [0.05, 0.1) is 0 Å². The summed E-state index contributed by atoms with van der Waals surface area (Å²) in [4.78, 5) is 15.7. The van der Waals surface area contributed by atoms with E-state index < -0.39 is 0 Å². The first-order valence-corrected chi connectivity index (χ1v) is 9.91. The van der Waals surface area contributed by atoms with Crippen LogP contribution < -0.4 is 25.4 Å². The second-order valence-electron chi connectivity index (χ2n) is 6.75. The number of nitrogens with zero attached hydrogens (tertiary/aromatic N) is 1. The number of nitrogens with one attached hydrogen (secondary N) is 3. The molecule has 30 heavy (non-hydrogen) atoms. The Bertz CT molecular complexity index is 856. The maximum Gasteiger partial charge on any atom is 0.231 e. The topological polar surface area (TPSA) is 84.0 Å². The minimum Gasteiger partial charge on any atom is -0.454 e. The standard InChI is InChI=1S/C22H28N4O3.HI/c1-3-23-22(24-12-10-17-4-7-19(8-5-17)26-16(2)27)25-13-11-18-6-9-20-21(14-18)29-15-28-20;/h4-9,14H,3,10-13,15H2,1-2H3,(H,26,27)(H2,23,24,25);1H. The van der Waals surface area contributed by atoms with E-state index in [1.807, 2.05) is 36.4 Å². The molecule has 1 aliphatic rings. The van der Waals surface area contributed by atoms with Gasteiger partial charge in [-0.1, -0.05) is 18.2 Å². The highest BCUT2D eigenvalue weighted by Gasteiger charge is 2.12. The number of rotatable bonds is 8. The zero-order valence-corrected chi connectivity index (χ0v) is 19.7. The fraction of sp³-hybridized carbons (Fsp3) is 0.364. The van der Waals surface area contributed by atoms with E-state index in [1.165, 1.54) is 18.1 Å². The molecule has 8 heteroatoms. The highest BCUT2D eigenvalue weighted by atomic mass is 127. The number of hydrogen-bond donors (Lipinski definition) is 3. The van der Waals surface area contributed by atoms with Crippen LogP contribution in [0.4, 0.5) is 5.69 Å². The van der Waals surface area contributed by atoms with Crippen molar-refractivity contribution in [2.24, 2.45) is 4.99 Å². The predicted molar refractivity (Wildman–Crippen MR) is 130 cm³/mol. The highest BCUT2D eigenvalue weighted by Crippen LogP contribution is 2.32. The Morgan fingerprint density at radius 1 is 1.00 bits per heavy atom. The van der Waals surface area contributed by atoms with E-state index in [1.54, 1.807) is 0 Å². The summed E-state index contributed by atoms with van der Waals surface area (Å²) in [5.41, 5.74) is 3.18. The van der Waals surface area contributed by atoms with Crippen molar-refractivity contribution in [2.45, 2.75) is 26.7 Å². The number of guanidine groups is 1. The fourth-order valence-corrected chi connectivity index (χ4v) is 3.02. The molecular formula is C22H29IN4O3. The molecular weight excluding hydrogens is 495 g/mol. The predicted octanol–water partition coefficient (Wildman–Crippen LogP) is 3.33. The molecule has 0 unspecified atom stereocenters. The number of carbonyl (C=O) groups is 1. The lowest BCUT2D eigenvalue weighted by molar-refractivity contribution is -0.114. The first kappa shape index (κ1) is 23.8. The van der Waals surface area contributed by atoms with Crippen LogP contribution in [0.2, 0.25) is 0 Å². The van der Waals surface area contributed by atoms with E-state index in [2.05, 4.69) is 33.9 Å². The average Bonchev–Trinajstić information content (AvgIpc) is 3.17. The van der Waals surface area contributed by atoms with Crippen molar-refractivity contribution in [2.75, 3.05) is 31.7 Å². The van der Waals surface area contributed by atoms with Crippen molar-refractivity contribution in [3.8, 4) is 11.5 Å².